The number of carbonyl (C=O) groups is 1. The Kier molecular flexibility index (Phi) is 7.03. The highest BCUT2D eigenvalue weighted by atomic mass is 35.5. The molecule has 1 atom stereocenters. The number of carbonyl (C=O) groups excluding carboxylic acids is 1. The van der Waals surface area contributed by atoms with Crippen LogP contribution < -0.4 is 0 Å². The number of benzene rings is 2. The monoisotopic (exact) mass is 504 g/mol. The lowest BCUT2D eigenvalue weighted by Gasteiger charge is -2.18. The third kappa shape index (κ3) is 5.59. The number of Topliss-reactive ketones (excluding diaryl/α,β-unsaturated/α-hetero) is 1. The van der Waals surface area contributed by atoms with Gasteiger partial charge in [0, 0.05) is 17.4 Å². The minimum Gasteiger partial charge on any atom is -0.294 e. The first-order chi connectivity index (χ1) is 14.5. The third-order valence-electron chi connectivity index (χ3n) is 5.15. The van der Waals surface area contributed by atoms with Crippen LogP contribution >= 0.6 is 46.4 Å². The molecule has 0 aliphatic heterocycles. The molecule has 1 nitrogen and oxygen atoms in total. The van der Waals surface area contributed by atoms with E-state index in [1.807, 2.05) is 0 Å². The predicted octanol–water partition coefficient (Wildman–Crippen LogP) is 8.65. The van der Waals surface area contributed by atoms with Crippen LogP contribution in [0.15, 0.2) is 36.4 Å². The first kappa shape index (κ1) is 24.0. The van der Waals surface area contributed by atoms with E-state index in [1.54, 1.807) is 0 Å². The summed E-state index contributed by atoms with van der Waals surface area (Å²) in [4.78, 5) is 12.5. The molecule has 2 aromatic rings. The van der Waals surface area contributed by atoms with Gasteiger partial charge in [0.05, 0.1) is 26.0 Å². The summed E-state index contributed by atoms with van der Waals surface area (Å²) in [7, 11) is 0. The Morgan fingerprint density at radius 2 is 1.71 bits per heavy atom. The van der Waals surface area contributed by atoms with E-state index in [2.05, 4.69) is 5.92 Å². The lowest BCUT2D eigenvalue weighted by atomic mass is 9.95. The minimum absolute atomic E-state index is 0.0122. The second-order valence-corrected chi connectivity index (χ2v) is 9.04. The molecular weight excluding hydrogens is 491 g/mol. The lowest BCUT2D eigenvalue weighted by molar-refractivity contribution is -0.139. The van der Waals surface area contributed by atoms with Crippen LogP contribution in [-0.4, -0.2) is 12.0 Å². The van der Waals surface area contributed by atoms with E-state index >= 15 is 0 Å². The molecule has 0 N–H and O–H groups in total. The zero-order valence-corrected chi connectivity index (χ0v) is 18.9. The highest BCUT2D eigenvalue weighted by Gasteiger charge is 2.43. The van der Waals surface area contributed by atoms with Crippen LogP contribution in [0.5, 0.6) is 0 Å². The molecule has 162 valence electrons. The topological polar surface area (TPSA) is 17.1 Å². The summed E-state index contributed by atoms with van der Waals surface area (Å²) in [6, 6.07) is 6.73. The summed E-state index contributed by atoms with van der Waals surface area (Å²) in [6.45, 7) is 0. The Morgan fingerprint density at radius 1 is 1.10 bits per heavy atom. The van der Waals surface area contributed by atoms with Crippen LogP contribution in [0.2, 0.25) is 20.1 Å². The van der Waals surface area contributed by atoms with Crippen molar-refractivity contribution in [2.45, 2.75) is 31.4 Å². The van der Waals surface area contributed by atoms with Gasteiger partial charge in [-0.15, -0.1) is 6.42 Å². The molecular formula is C23H15Cl4F3O. The quantitative estimate of drug-likeness (QED) is 0.218. The SMILES string of the molecule is C#CC1(CC(=O)c2ccc(/C=C/C(c3cc(Cl)c(Cl)c(Cl)c3)C(F)(F)F)cc2Cl)CC1. The summed E-state index contributed by atoms with van der Waals surface area (Å²) < 4.78 is 41.0. The van der Waals surface area contributed by atoms with Crippen molar-refractivity contribution in [3.05, 3.63) is 73.2 Å². The normalized spacial score (nSPS) is 16.2. The molecule has 1 unspecified atom stereocenters. The van der Waals surface area contributed by atoms with Gasteiger partial charge >= 0.3 is 6.18 Å². The number of terminal acetylenes is 1. The van der Waals surface area contributed by atoms with Crippen molar-refractivity contribution in [2.75, 3.05) is 0 Å². The molecule has 0 spiro atoms. The zero-order chi connectivity index (χ0) is 23.0. The average Bonchev–Trinajstić information content (AvgIpc) is 3.45. The molecule has 1 fully saturated rings. The van der Waals surface area contributed by atoms with Crippen molar-refractivity contribution in [1.29, 1.82) is 0 Å². The first-order valence-electron chi connectivity index (χ1n) is 9.16. The van der Waals surface area contributed by atoms with Crippen LogP contribution in [-0.2, 0) is 0 Å². The van der Waals surface area contributed by atoms with E-state index in [9.17, 15) is 18.0 Å². The van der Waals surface area contributed by atoms with Gasteiger partial charge in [-0.2, -0.15) is 13.2 Å². The molecule has 0 amide bonds. The summed E-state index contributed by atoms with van der Waals surface area (Å²) in [5.41, 5.74) is 0.161. The molecule has 3 rings (SSSR count). The molecule has 8 heteroatoms. The second-order valence-electron chi connectivity index (χ2n) is 7.44. The predicted molar refractivity (Wildman–Crippen MR) is 120 cm³/mol. The van der Waals surface area contributed by atoms with Gasteiger partial charge in [-0.25, -0.2) is 0 Å². The minimum atomic E-state index is -4.59. The van der Waals surface area contributed by atoms with Crippen molar-refractivity contribution in [3.8, 4) is 12.3 Å². The Bertz CT molecular complexity index is 1070. The largest absolute Gasteiger partial charge is 0.399 e. The van der Waals surface area contributed by atoms with Crippen LogP contribution in [0.4, 0.5) is 13.2 Å². The Hall–Kier alpha value is -1.64. The molecule has 0 saturated heterocycles. The Morgan fingerprint density at radius 3 is 2.19 bits per heavy atom. The average molecular weight is 506 g/mol. The maximum Gasteiger partial charge on any atom is 0.399 e. The molecule has 0 radical (unpaired) electrons. The maximum absolute atomic E-state index is 13.7. The van der Waals surface area contributed by atoms with Gasteiger partial charge < -0.3 is 0 Å². The summed E-state index contributed by atoms with van der Waals surface area (Å²) in [5.74, 6) is 0.496. The fourth-order valence-corrected chi connectivity index (χ4v) is 4.07. The van der Waals surface area contributed by atoms with E-state index in [4.69, 9.17) is 52.8 Å². The van der Waals surface area contributed by atoms with Gasteiger partial charge in [0.1, 0.15) is 0 Å². The van der Waals surface area contributed by atoms with E-state index in [-0.39, 0.29) is 43.3 Å². The Balaban J connectivity index is 1.85. The number of alkyl halides is 3. The number of halogens is 7. The number of allylic oxidation sites excluding steroid dienone is 1. The van der Waals surface area contributed by atoms with Gasteiger partial charge in [0.25, 0.3) is 0 Å². The molecule has 0 heterocycles. The van der Waals surface area contributed by atoms with E-state index in [0.29, 0.717) is 11.1 Å². The number of ketones is 1. The molecule has 2 aromatic carbocycles. The fourth-order valence-electron chi connectivity index (χ4n) is 3.16. The van der Waals surface area contributed by atoms with E-state index in [0.717, 1.165) is 31.1 Å². The zero-order valence-electron chi connectivity index (χ0n) is 15.9. The molecule has 31 heavy (non-hydrogen) atoms. The third-order valence-corrected chi connectivity index (χ3v) is 6.66. The summed E-state index contributed by atoms with van der Waals surface area (Å²) in [6.07, 6.45) is 4.93. The van der Waals surface area contributed by atoms with Gasteiger partial charge in [0.2, 0.25) is 0 Å². The van der Waals surface area contributed by atoms with Crippen molar-refractivity contribution < 1.29 is 18.0 Å². The number of hydrogen-bond donors (Lipinski definition) is 0. The van der Waals surface area contributed by atoms with Crippen LogP contribution in [0, 0.1) is 17.8 Å². The summed E-state index contributed by atoms with van der Waals surface area (Å²) >= 11 is 23.8. The van der Waals surface area contributed by atoms with Gasteiger partial charge in [0.15, 0.2) is 5.78 Å². The molecule has 1 aliphatic rings. The van der Waals surface area contributed by atoms with Crippen LogP contribution in [0.25, 0.3) is 6.08 Å². The van der Waals surface area contributed by atoms with Crippen LogP contribution in [0.3, 0.4) is 0 Å². The van der Waals surface area contributed by atoms with Gasteiger partial charge in [-0.1, -0.05) is 70.5 Å². The van der Waals surface area contributed by atoms with E-state index < -0.39 is 12.1 Å². The Labute approximate surface area is 198 Å². The standard InChI is InChI=1S/C23H15Cl4F3O/c1-2-22(7-8-22)12-20(31)15-5-3-13(9-17(15)24)4-6-16(23(28,29)30)14-10-18(25)21(27)19(26)11-14/h1,3-6,9-11,16H,7-8,12H2/b6-4+. The van der Waals surface area contributed by atoms with Gasteiger partial charge in [-0.05, 0) is 48.2 Å². The smallest absolute Gasteiger partial charge is 0.294 e. The highest BCUT2D eigenvalue weighted by molar-refractivity contribution is 6.48. The van der Waals surface area contributed by atoms with E-state index in [1.165, 1.54) is 24.3 Å². The molecule has 0 bridgehead atoms. The first-order valence-corrected chi connectivity index (χ1v) is 10.7. The van der Waals surface area contributed by atoms with Crippen molar-refractivity contribution in [1.82, 2.24) is 0 Å². The fraction of sp³-hybridized carbons (Fsp3) is 0.261. The highest BCUT2D eigenvalue weighted by Crippen LogP contribution is 2.49. The van der Waals surface area contributed by atoms with Gasteiger partial charge in [-0.3, -0.25) is 4.79 Å². The van der Waals surface area contributed by atoms with Crippen molar-refractivity contribution in [3.63, 3.8) is 0 Å². The van der Waals surface area contributed by atoms with Crippen molar-refractivity contribution >= 4 is 58.3 Å². The second kappa shape index (κ2) is 9.08. The molecule has 1 saturated carbocycles. The molecule has 0 aromatic heterocycles. The summed E-state index contributed by atoms with van der Waals surface area (Å²) in [5, 5.41) is -0.000732. The molecule has 1 aliphatic carbocycles. The maximum atomic E-state index is 13.7. The number of rotatable bonds is 6. The lowest BCUT2D eigenvalue weighted by Crippen LogP contribution is -2.19. The van der Waals surface area contributed by atoms with Crippen LogP contribution in [0.1, 0.15) is 46.7 Å². The number of hydrogen-bond acceptors (Lipinski definition) is 1. The van der Waals surface area contributed by atoms with Crippen molar-refractivity contribution in [2.24, 2.45) is 5.41 Å².